The Morgan fingerprint density at radius 2 is 1.64 bits per heavy atom. The van der Waals surface area contributed by atoms with Crippen LogP contribution in [0.15, 0.2) is 30.3 Å². The van der Waals surface area contributed by atoms with E-state index in [0.29, 0.717) is 39.4 Å². The standard InChI is InChI=1S/C25H37N3O5/c29-24(19-26-12-16-30-17-13-26)27-10-11-28(21(18-27)20-6-2-1-3-7-20)33-25(22-8-4-14-31-22)23-9-5-15-32-23/h1-3,6-7,21-23,25H,4-5,8-19H2. The van der Waals surface area contributed by atoms with Gasteiger partial charge in [0, 0.05) is 45.9 Å². The maximum absolute atomic E-state index is 13.1. The van der Waals surface area contributed by atoms with Gasteiger partial charge >= 0.3 is 0 Å². The number of carbonyl (C=O) groups excluding carboxylic acids is 1. The first-order valence-electron chi connectivity index (χ1n) is 12.6. The molecular weight excluding hydrogens is 422 g/mol. The first kappa shape index (κ1) is 23.2. The van der Waals surface area contributed by atoms with Crippen LogP contribution in [0, 0.1) is 0 Å². The summed E-state index contributed by atoms with van der Waals surface area (Å²) < 4.78 is 17.5. The van der Waals surface area contributed by atoms with Crippen LogP contribution in [0.5, 0.6) is 0 Å². The molecule has 0 saturated carbocycles. The predicted molar refractivity (Wildman–Crippen MR) is 123 cm³/mol. The minimum atomic E-state index is -0.100. The molecule has 4 aliphatic rings. The predicted octanol–water partition coefficient (Wildman–Crippen LogP) is 1.86. The van der Waals surface area contributed by atoms with Crippen molar-refractivity contribution in [1.29, 1.82) is 0 Å². The summed E-state index contributed by atoms with van der Waals surface area (Å²) in [5, 5.41) is 2.10. The van der Waals surface area contributed by atoms with Gasteiger partial charge in [-0.2, -0.15) is 5.06 Å². The number of piperazine rings is 1. The van der Waals surface area contributed by atoms with E-state index in [1.54, 1.807) is 0 Å². The topological polar surface area (TPSA) is 63.7 Å². The Hall–Kier alpha value is -1.55. The summed E-state index contributed by atoms with van der Waals surface area (Å²) in [4.78, 5) is 24.0. The highest BCUT2D eigenvalue weighted by Crippen LogP contribution is 2.32. The first-order valence-corrected chi connectivity index (χ1v) is 12.6. The molecule has 182 valence electrons. The number of nitrogens with zero attached hydrogens (tertiary/aromatic N) is 3. The maximum atomic E-state index is 13.1. The van der Waals surface area contributed by atoms with Gasteiger partial charge in [0.15, 0.2) is 0 Å². The fraction of sp³-hybridized carbons (Fsp3) is 0.720. The highest BCUT2D eigenvalue weighted by molar-refractivity contribution is 5.78. The van der Waals surface area contributed by atoms with Gasteiger partial charge in [0.25, 0.3) is 0 Å². The molecule has 0 bridgehead atoms. The maximum Gasteiger partial charge on any atom is 0.236 e. The summed E-state index contributed by atoms with van der Waals surface area (Å²) in [5.74, 6) is 0.187. The van der Waals surface area contributed by atoms with Gasteiger partial charge in [0.1, 0.15) is 6.10 Å². The van der Waals surface area contributed by atoms with Crippen molar-refractivity contribution in [3.05, 3.63) is 35.9 Å². The molecule has 0 N–H and O–H groups in total. The van der Waals surface area contributed by atoms with E-state index in [2.05, 4.69) is 34.2 Å². The Balaban J connectivity index is 1.29. The van der Waals surface area contributed by atoms with Crippen molar-refractivity contribution >= 4 is 5.91 Å². The molecule has 4 saturated heterocycles. The summed E-state index contributed by atoms with van der Waals surface area (Å²) >= 11 is 0. The third-order valence-electron chi connectivity index (χ3n) is 7.25. The number of hydrogen-bond acceptors (Lipinski definition) is 7. The normalized spacial score (nSPS) is 30.5. The number of amides is 1. The van der Waals surface area contributed by atoms with Gasteiger partial charge in [-0.25, -0.2) is 0 Å². The number of rotatable bonds is 7. The lowest BCUT2D eigenvalue weighted by molar-refractivity contribution is -0.277. The van der Waals surface area contributed by atoms with Crippen molar-refractivity contribution in [1.82, 2.24) is 14.9 Å². The number of benzene rings is 1. The molecule has 1 aromatic carbocycles. The number of morpholine rings is 1. The van der Waals surface area contributed by atoms with Crippen LogP contribution < -0.4 is 0 Å². The van der Waals surface area contributed by atoms with Crippen LogP contribution in [0.1, 0.15) is 37.3 Å². The molecule has 0 spiro atoms. The van der Waals surface area contributed by atoms with Crippen LogP contribution in [0.4, 0.5) is 0 Å². The zero-order valence-corrected chi connectivity index (χ0v) is 19.5. The Bertz CT molecular complexity index is 732. The molecule has 1 amide bonds. The molecule has 0 radical (unpaired) electrons. The van der Waals surface area contributed by atoms with Crippen LogP contribution >= 0.6 is 0 Å². The largest absolute Gasteiger partial charge is 0.379 e. The molecule has 8 nitrogen and oxygen atoms in total. The van der Waals surface area contributed by atoms with Gasteiger partial charge in [-0.05, 0) is 31.2 Å². The van der Waals surface area contributed by atoms with E-state index in [9.17, 15) is 4.79 Å². The second-order valence-electron chi connectivity index (χ2n) is 9.47. The van der Waals surface area contributed by atoms with Crippen molar-refractivity contribution in [3.8, 4) is 0 Å². The van der Waals surface area contributed by atoms with E-state index in [1.165, 1.54) is 5.56 Å². The second-order valence-corrected chi connectivity index (χ2v) is 9.47. The Kier molecular flexibility index (Phi) is 7.91. The Morgan fingerprint density at radius 1 is 0.939 bits per heavy atom. The Morgan fingerprint density at radius 3 is 2.27 bits per heavy atom. The SMILES string of the molecule is O=C(CN1CCOCC1)N1CCN(OC(C2CCCO2)C2CCCO2)C(c2ccccc2)C1. The molecule has 8 heteroatoms. The van der Waals surface area contributed by atoms with Crippen molar-refractivity contribution in [2.45, 2.75) is 50.0 Å². The molecule has 4 fully saturated rings. The van der Waals surface area contributed by atoms with E-state index in [0.717, 1.165) is 52.0 Å². The minimum Gasteiger partial charge on any atom is -0.379 e. The van der Waals surface area contributed by atoms with Crippen molar-refractivity contribution in [2.24, 2.45) is 0 Å². The fourth-order valence-corrected chi connectivity index (χ4v) is 5.37. The average molecular weight is 460 g/mol. The molecule has 3 atom stereocenters. The summed E-state index contributed by atoms with van der Waals surface area (Å²) in [7, 11) is 0. The molecular formula is C25H37N3O5. The van der Waals surface area contributed by atoms with Crippen molar-refractivity contribution in [2.75, 3.05) is 65.7 Å². The number of ether oxygens (including phenoxy) is 3. The van der Waals surface area contributed by atoms with Crippen LogP contribution in [0.2, 0.25) is 0 Å². The summed E-state index contributed by atoms with van der Waals surface area (Å²) in [6.07, 6.45) is 4.22. The highest BCUT2D eigenvalue weighted by Gasteiger charge is 2.41. The van der Waals surface area contributed by atoms with Crippen molar-refractivity contribution < 1.29 is 23.8 Å². The van der Waals surface area contributed by atoms with Crippen LogP contribution in [0.25, 0.3) is 0 Å². The van der Waals surface area contributed by atoms with E-state index in [4.69, 9.17) is 19.0 Å². The monoisotopic (exact) mass is 459 g/mol. The van der Waals surface area contributed by atoms with Crippen LogP contribution in [-0.2, 0) is 23.8 Å². The van der Waals surface area contributed by atoms with E-state index in [1.807, 2.05) is 11.0 Å². The molecule has 3 unspecified atom stereocenters. The quantitative estimate of drug-likeness (QED) is 0.617. The molecule has 1 aromatic rings. The molecule has 5 rings (SSSR count). The number of carbonyl (C=O) groups is 1. The smallest absolute Gasteiger partial charge is 0.236 e. The van der Waals surface area contributed by atoms with E-state index in [-0.39, 0.29) is 30.3 Å². The van der Waals surface area contributed by atoms with Crippen molar-refractivity contribution in [3.63, 3.8) is 0 Å². The van der Waals surface area contributed by atoms with Gasteiger partial charge in [-0.1, -0.05) is 30.3 Å². The van der Waals surface area contributed by atoms with Gasteiger partial charge in [-0.3, -0.25) is 14.5 Å². The third kappa shape index (κ3) is 5.75. The molecule has 4 heterocycles. The highest BCUT2D eigenvalue weighted by atomic mass is 16.7. The third-order valence-corrected chi connectivity index (χ3v) is 7.25. The lowest BCUT2D eigenvalue weighted by Gasteiger charge is -2.44. The molecule has 4 aliphatic heterocycles. The first-order chi connectivity index (χ1) is 16.3. The van der Waals surface area contributed by atoms with Gasteiger partial charge in [0.05, 0.1) is 38.0 Å². The zero-order valence-electron chi connectivity index (χ0n) is 19.5. The van der Waals surface area contributed by atoms with Crippen LogP contribution in [0.3, 0.4) is 0 Å². The number of hydrogen-bond donors (Lipinski definition) is 0. The lowest BCUT2D eigenvalue weighted by atomic mass is 10.0. The van der Waals surface area contributed by atoms with Gasteiger partial charge in [0.2, 0.25) is 5.91 Å². The lowest BCUT2D eigenvalue weighted by Crippen LogP contribution is -2.55. The fourth-order valence-electron chi connectivity index (χ4n) is 5.37. The minimum absolute atomic E-state index is 0.0149. The van der Waals surface area contributed by atoms with Crippen LogP contribution in [-0.4, -0.2) is 105 Å². The molecule has 0 aromatic heterocycles. The Labute approximate surface area is 196 Å². The van der Waals surface area contributed by atoms with Gasteiger partial charge in [-0.15, -0.1) is 0 Å². The summed E-state index contributed by atoms with van der Waals surface area (Å²) in [5.41, 5.74) is 1.17. The zero-order chi connectivity index (χ0) is 22.5. The van der Waals surface area contributed by atoms with E-state index >= 15 is 0 Å². The summed E-state index contributed by atoms with van der Waals surface area (Å²) in [6, 6.07) is 10.4. The number of hydroxylamine groups is 2. The summed E-state index contributed by atoms with van der Waals surface area (Å²) in [6.45, 7) is 7.05. The molecule has 33 heavy (non-hydrogen) atoms. The molecule has 0 aliphatic carbocycles. The average Bonchev–Trinajstić information content (AvgIpc) is 3.59. The van der Waals surface area contributed by atoms with Gasteiger partial charge < -0.3 is 19.1 Å². The second kappa shape index (κ2) is 11.3. The van der Waals surface area contributed by atoms with E-state index < -0.39 is 0 Å².